The fraction of sp³-hybridized carbons (Fsp3) is 0.300. The van der Waals surface area contributed by atoms with Gasteiger partial charge in [0.1, 0.15) is 11.2 Å². The van der Waals surface area contributed by atoms with Crippen LogP contribution in [0.1, 0.15) is 25.0 Å². The van der Waals surface area contributed by atoms with Gasteiger partial charge >= 0.3 is 0 Å². The summed E-state index contributed by atoms with van der Waals surface area (Å²) < 4.78 is 12.9. The van der Waals surface area contributed by atoms with Gasteiger partial charge in [-0.15, -0.1) is 0 Å². The topological polar surface area (TPSA) is 49.4 Å². The van der Waals surface area contributed by atoms with Crippen LogP contribution >= 0.6 is 0 Å². The molecule has 0 saturated heterocycles. The summed E-state index contributed by atoms with van der Waals surface area (Å²) in [6.07, 6.45) is 0. The SMILES string of the molecule is CN(Cc1ccccc1)C(=O)C(C)(C)C(=O)NCc1ccc(F)cc1. The van der Waals surface area contributed by atoms with Crippen molar-refractivity contribution in [2.75, 3.05) is 7.05 Å². The van der Waals surface area contributed by atoms with Crippen LogP contribution in [0.5, 0.6) is 0 Å². The third kappa shape index (κ3) is 4.89. The maximum absolute atomic E-state index is 12.9. The van der Waals surface area contributed by atoms with Gasteiger partial charge in [0.25, 0.3) is 0 Å². The Morgan fingerprint density at radius 2 is 1.60 bits per heavy atom. The molecular weight excluding hydrogens is 319 g/mol. The van der Waals surface area contributed by atoms with Crippen molar-refractivity contribution in [3.8, 4) is 0 Å². The molecule has 25 heavy (non-hydrogen) atoms. The maximum Gasteiger partial charge on any atom is 0.237 e. The number of carbonyl (C=O) groups excluding carboxylic acids is 2. The fourth-order valence-corrected chi connectivity index (χ4v) is 2.51. The number of benzene rings is 2. The summed E-state index contributed by atoms with van der Waals surface area (Å²) >= 11 is 0. The largest absolute Gasteiger partial charge is 0.351 e. The van der Waals surface area contributed by atoms with Crippen molar-refractivity contribution in [1.29, 1.82) is 0 Å². The Kier molecular flexibility index (Phi) is 5.91. The number of nitrogens with one attached hydrogen (secondary N) is 1. The summed E-state index contributed by atoms with van der Waals surface area (Å²) in [7, 11) is 1.68. The Balaban J connectivity index is 1.96. The lowest BCUT2D eigenvalue weighted by Crippen LogP contribution is -2.48. The highest BCUT2D eigenvalue weighted by Gasteiger charge is 2.37. The summed E-state index contributed by atoms with van der Waals surface area (Å²) in [6.45, 7) is 3.90. The Morgan fingerprint density at radius 3 is 2.20 bits per heavy atom. The molecule has 0 radical (unpaired) electrons. The monoisotopic (exact) mass is 342 g/mol. The molecule has 2 aromatic rings. The normalized spacial score (nSPS) is 11.0. The second-order valence-electron chi connectivity index (χ2n) is 6.58. The number of rotatable bonds is 6. The van der Waals surface area contributed by atoms with Gasteiger partial charge in [-0.3, -0.25) is 9.59 Å². The molecule has 0 aliphatic carbocycles. The number of nitrogens with zero attached hydrogens (tertiary/aromatic N) is 1. The Hall–Kier alpha value is -2.69. The Morgan fingerprint density at radius 1 is 1.00 bits per heavy atom. The van der Waals surface area contributed by atoms with Crippen LogP contribution in [-0.4, -0.2) is 23.8 Å². The highest BCUT2D eigenvalue weighted by Crippen LogP contribution is 2.20. The van der Waals surface area contributed by atoms with Crippen LogP contribution in [0.25, 0.3) is 0 Å². The predicted molar refractivity (Wildman–Crippen MR) is 94.9 cm³/mol. The second-order valence-corrected chi connectivity index (χ2v) is 6.58. The molecule has 0 spiro atoms. The van der Waals surface area contributed by atoms with Crippen LogP contribution in [0.3, 0.4) is 0 Å². The van der Waals surface area contributed by atoms with E-state index >= 15 is 0 Å². The number of halogens is 1. The van der Waals surface area contributed by atoms with E-state index < -0.39 is 5.41 Å². The summed E-state index contributed by atoms with van der Waals surface area (Å²) in [5.41, 5.74) is 0.584. The van der Waals surface area contributed by atoms with Crippen LogP contribution in [0.2, 0.25) is 0 Å². The van der Waals surface area contributed by atoms with E-state index in [0.717, 1.165) is 11.1 Å². The zero-order valence-electron chi connectivity index (χ0n) is 14.8. The van der Waals surface area contributed by atoms with E-state index in [1.807, 2.05) is 30.3 Å². The smallest absolute Gasteiger partial charge is 0.237 e. The second kappa shape index (κ2) is 7.92. The average Bonchev–Trinajstić information content (AvgIpc) is 2.61. The van der Waals surface area contributed by atoms with Crippen molar-refractivity contribution in [1.82, 2.24) is 10.2 Å². The van der Waals surface area contributed by atoms with Crippen molar-refractivity contribution in [3.63, 3.8) is 0 Å². The molecule has 4 nitrogen and oxygen atoms in total. The lowest BCUT2D eigenvalue weighted by atomic mass is 9.90. The molecule has 0 saturated carbocycles. The predicted octanol–water partition coefficient (Wildman–Crippen LogP) is 3.13. The molecule has 0 fully saturated rings. The van der Waals surface area contributed by atoms with Crippen LogP contribution in [-0.2, 0) is 22.7 Å². The molecule has 132 valence electrons. The highest BCUT2D eigenvalue weighted by atomic mass is 19.1. The first kappa shape index (κ1) is 18.6. The number of hydrogen-bond acceptors (Lipinski definition) is 2. The van der Waals surface area contributed by atoms with E-state index in [4.69, 9.17) is 0 Å². The van der Waals surface area contributed by atoms with E-state index in [-0.39, 0.29) is 24.2 Å². The first-order chi connectivity index (χ1) is 11.8. The molecule has 0 unspecified atom stereocenters. The molecule has 2 aromatic carbocycles. The third-order valence-corrected chi connectivity index (χ3v) is 4.08. The molecule has 0 atom stereocenters. The van der Waals surface area contributed by atoms with Crippen molar-refractivity contribution in [2.45, 2.75) is 26.9 Å². The van der Waals surface area contributed by atoms with Gasteiger partial charge in [-0.1, -0.05) is 42.5 Å². The Bertz CT molecular complexity index is 727. The van der Waals surface area contributed by atoms with E-state index in [1.165, 1.54) is 12.1 Å². The number of amides is 2. The van der Waals surface area contributed by atoms with Gasteiger partial charge in [0.2, 0.25) is 11.8 Å². The van der Waals surface area contributed by atoms with Gasteiger partial charge in [-0.05, 0) is 37.1 Å². The lowest BCUT2D eigenvalue weighted by Gasteiger charge is -2.28. The molecule has 1 N–H and O–H groups in total. The first-order valence-corrected chi connectivity index (χ1v) is 8.13. The van der Waals surface area contributed by atoms with Gasteiger partial charge in [0, 0.05) is 20.1 Å². The summed E-state index contributed by atoms with van der Waals surface area (Å²) in [6, 6.07) is 15.5. The number of hydrogen-bond donors (Lipinski definition) is 1. The zero-order chi connectivity index (χ0) is 18.4. The van der Waals surface area contributed by atoms with Gasteiger partial charge in [0.05, 0.1) is 0 Å². The molecule has 0 aliphatic rings. The molecule has 2 amide bonds. The summed E-state index contributed by atoms with van der Waals surface area (Å²) in [4.78, 5) is 26.7. The standard InChI is InChI=1S/C20H23FN2O2/c1-20(2,18(24)22-13-15-9-11-17(21)12-10-15)19(25)23(3)14-16-7-5-4-6-8-16/h4-12H,13-14H2,1-3H3,(H,22,24). The van der Waals surface area contributed by atoms with Gasteiger partial charge in [-0.2, -0.15) is 0 Å². The van der Waals surface area contributed by atoms with Crippen molar-refractivity contribution in [2.24, 2.45) is 5.41 Å². The van der Waals surface area contributed by atoms with Crippen LogP contribution in [0.15, 0.2) is 54.6 Å². The number of carbonyl (C=O) groups is 2. The minimum absolute atomic E-state index is 0.248. The van der Waals surface area contributed by atoms with Crippen molar-refractivity contribution in [3.05, 3.63) is 71.5 Å². The van der Waals surface area contributed by atoms with Gasteiger partial charge in [-0.25, -0.2) is 4.39 Å². The van der Waals surface area contributed by atoms with E-state index in [0.29, 0.717) is 6.54 Å². The van der Waals surface area contributed by atoms with Crippen LogP contribution in [0.4, 0.5) is 4.39 Å². The highest BCUT2D eigenvalue weighted by molar-refractivity contribution is 6.04. The van der Waals surface area contributed by atoms with Gasteiger partial charge < -0.3 is 10.2 Å². The van der Waals surface area contributed by atoms with E-state index in [2.05, 4.69) is 5.32 Å². The minimum Gasteiger partial charge on any atom is -0.351 e. The molecule has 2 rings (SSSR count). The van der Waals surface area contributed by atoms with Crippen LogP contribution < -0.4 is 5.32 Å². The molecule has 0 heterocycles. The van der Waals surface area contributed by atoms with Crippen LogP contribution in [0, 0.1) is 11.2 Å². The maximum atomic E-state index is 12.9. The minimum atomic E-state index is -1.19. The molecular formula is C20H23FN2O2. The first-order valence-electron chi connectivity index (χ1n) is 8.13. The molecule has 5 heteroatoms. The zero-order valence-corrected chi connectivity index (χ0v) is 14.8. The van der Waals surface area contributed by atoms with E-state index in [9.17, 15) is 14.0 Å². The lowest BCUT2D eigenvalue weighted by molar-refractivity contribution is -0.148. The quantitative estimate of drug-likeness (QED) is 0.820. The summed E-state index contributed by atoms with van der Waals surface area (Å²) in [5.74, 6) is -0.942. The van der Waals surface area contributed by atoms with Crippen molar-refractivity contribution >= 4 is 11.8 Å². The van der Waals surface area contributed by atoms with E-state index in [1.54, 1.807) is 37.9 Å². The fourth-order valence-electron chi connectivity index (χ4n) is 2.51. The van der Waals surface area contributed by atoms with Gasteiger partial charge in [0.15, 0.2) is 0 Å². The Labute approximate surface area is 147 Å². The molecule has 0 aliphatic heterocycles. The molecule has 0 bridgehead atoms. The summed E-state index contributed by atoms with van der Waals surface area (Å²) in [5, 5.41) is 2.75. The molecule has 0 aromatic heterocycles. The average molecular weight is 342 g/mol. The third-order valence-electron chi connectivity index (χ3n) is 4.08. The van der Waals surface area contributed by atoms with Crippen molar-refractivity contribution < 1.29 is 14.0 Å².